The predicted octanol–water partition coefficient (Wildman–Crippen LogP) is 4.81. The van der Waals surface area contributed by atoms with Crippen molar-refractivity contribution in [3.63, 3.8) is 0 Å². The van der Waals surface area contributed by atoms with Gasteiger partial charge < -0.3 is 10.1 Å². The average Bonchev–Trinajstić information content (AvgIpc) is 2.46. The topological polar surface area (TPSA) is 21.3 Å². The smallest absolute Gasteiger partial charge is 0.120 e. The van der Waals surface area contributed by atoms with Crippen molar-refractivity contribution >= 4 is 0 Å². The molecule has 0 aliphatic heterocycles. The number of ether oxygens (including phenoxy) is 1. The van der Waals surface area contributed by atoms with Gasteiger partial charge in [-0.25, -0.2) is 0 Å². The van der Waals surface area contributed by atoms with E-state index in [1.165, 1.54) is 43.2 Å². The van der Waals surface area contributed by atoms with Crippen molar-refractivity contribution in [2.45, 2.75) is 77.9 Å². The molecule has 2 rings (SSSR count). The highest BCUT2D eigenvalue weighted by Gasteiger charge is 2.26. The zero-order valence-corrected chi connectivity index (χ0v) is 14.1. The third-order valence-electron chi connectivity index (χ3n) is 4.51. The Bertz CT molecular complexity index is 441. The van der Waals surface area contributed by atoms with Crippen molar-refractivity contribution < 1.29 is 4.74 Å². The summed E-state index contributed by atoms with van der Waals surface area (Å²) in [6.07, 6.45) is 6.55. The van der Waals surface area contributed by atoms with E-state index < -0.39 is 0 Å². The van der Waals surface area contributed by atoms with Crippen molar-refractivity contribution in [1.82, 2.24) is 5.32 Å². The Balaban J connectivity index is 2.03. The molecule has 1 aromatic rings. The summed E-state index contributed by atoms with van der Waals surface area (Å²) in [6, 6.07) is 7.10. The minimum absolute atomic E-state index is 0.328. The first-order valence-electron chi connectivity index (χ1n) is 8.62. The van der Waals surface area contributed by atoms with Crippen LogP contribution in [0.2, 0.25) is 0 Å². The second-order valence-corrected chi connectivity index (χ2v) is 6.67. The molecule has 0 heterocycles. The van der Waals surface area contributed by atoms with E-state index in [0.29, 0.717) is 18.1 Å². The third kappa shape index (κ3) is 4.47. The molecule has 21 heavy (non-hydrogen) atoms. The van der Waals surface area contributed by atoms with Crippen LogP contribution in [0.25, 0.3) is 0 Å². The first kappa shape index (κ1) is 16.4. The fourth-order valence-electron chi connectivity index (χ4n) is 3.35. The van der Waals surface area contributed by atoms with E-state index in [4.69, 9.17) is 4.74 Å². The third-order valence-corrected chi connectivity index (χ3v) is 4.51. The second-order valence-electron chi connectivity index (χ2n) is 6.67. The van der Waals surface area contributed by atoms with Crippen molar-refractivity contribution in [1.29, 1.82) is 0 Å². The van der Waals surface area contributed by atoms with Crippen LogP contribution < -0.4 is 10.1 Å². The molecule has 2 nitrogen and oxygen atoms in total. The van der Waals surface area contributed by atoms with Gasteiger partial charge in [0.15, 0.2) is 0 Å². The molecule has 1 aromatic carbocycles. The zero-order valence-electron chi connectivity index (χ0n) is 14.1. The van der Waals surface area contributed by atoms with Gasteiger partial charge in [-0.1, -0.05) is 33.3 Å². The highest BCUT2D eigenvalue weighted by atomic mass is 16.5. The SMILES string of the molecule is CCCNC1CCCCC1Oc1ccc(C(C)C)c(C)c1. The van der Waals surface area contributed by atoms with Gasteiger partial charge in [0.05, 0.1) is 0 Å². The molecule has 0 bridgehead atoms. The number of aryl methyl sites for hydroxylation is 1. The lowest BCUT2D eigenvalue weighted by Crippen LogP contribution is -2.45. The molecular formula is C19H31NO. The molecule has 1 aliphatic carbocycles. The summed E-state index contributed by atoms with van der Waals surface area (Å²) in [5.74, 6) is 1.61. The highest BCUT2D eigenvalue weighted by molar-refractivity contribution is 5.36. The van der Waals surface area contributed by atoms with Crippen LogP contribution in [-0.2, 0) is 0 Å². The van der Waals surface area contributed by atoms with E-state index in [2.05, 4.69) is 51.2 Å². The summed E-state index contributed by atoms with van der Waals surface area (Å²) in [4.78, 5) is 0. The molecule has 2 heteroatoms. The highest BCUT2D eigenvalue weighted by Crippen LogP contribution is 2.27. The van der Waals surface area contributed by atoms with Gasteiger partial charge in [0.1, 0.15) is 11.9 Å². The van der Waals surface area contributed by atoms with Crippen molar-refractivity contribution in [2.24, 2.45) is 0 Å². The molecule has 0 radical (unpaired) electrons. The standard InChI is InChI=1S/C19H31NO/c1-5-12-20-18-8-6-7-9-19(18)21-16-10-11-17(14(2)3)15(4)13-16/h10-11,13-14,18-20H,5-9,12H2,1-4H3. The molecule has 0 amide bonds. The van der Waals surface area contributed by atoms with Crippen LogP contribution in [0.15, 0.2) is 18.2 Å². The van der Waals surface area contributed by atoms with E-state index in [1.807, 2.05) is 0 Å². The van der Waals surface area contributed by atoms with Crippen LogP contribution in [-0.4, -0.2) is 18.7 Å². The van der Waals surface area contributed by atoms with Crippen LogP contribution in [0.1, 0.15) is 69.9 Å². The zero-order chi connectivity index (χ0) is 15.2. The fraction of sp³-hybridized carbons (Fsp3) is 0.684. The Labute approximate surface area is 130 Å². The molecule has 2 atom stereocenters. The lowest BCUT2D eigenvalue weighted by molar-refractivity contribution is 0.114. The molecule has 1 saturated carbocycles. The molecule has 0 saturated heterocycles. The summed E-state index contributed by atoms with van der Waals surface area (Å²) >= 11 is 0. The number of hydrogen-bond donors (Lipinski definition) is 1. The molecule has 0 spiro atoms. The van der Waals surface area contributed by atoms with Gasteiger partial charge in [0.25, 0.3) is 0 Å². The lowest BCUT2D eigenvalue weighted by Gasteiger charge is -2.32. The molecule has 1 fully saturated rings. The average molecular weight is 289 g/mol. The number of benzene rings is 1. The normalized spacial score (nSPS) is 22.5. The quantitative estimate of drug-likeness (QED) is 0.811. The largest absolute Gasteiger partial charge is 0.489 e. The van der Waals surface area contributed by atoms with Crippen LogP contribution in [0.4, 0.5) is 0 Å². The van der Waals surface area contributed by atoms with E-state index in [0.717, 1.165) is 12.3 Å². The van der Waals surface area contributed by atoms with Gasteiger partial charge in [-0.15, -0.1) is 0 Å². The summed E-state index contributed by atoms with van der Waals surface area (Å²) < 4.78 is 6.32. The maximum atomic E-state index is 6.32. The van der Waals surface area contributed by atoms with Gasteiger partial charge in [0.2, 0.25) is 0 Å². The summed E-state index contributed by atoms with van der Waals surface area (Å²) in [6.45, 7) is 9.99. The minimum Gasteiger partial charge on any atom is -0.489 e. The van der Waals surface area contributed by atoms with Gasteiger partial charge in [-0.05, 0) is 68.3 Å². The summed E-state index contributed by atoms with van der Waals surface area (Å²) in [5, 5.41) is 3.66. The van der Waals surface area contributed by atoms with Gasteiger partial charge in [-0.3, -0.25) is 0 Å². The van der Waals surface area contributed by atoms with Crippen LogP contribution in [0.3, 0.4) is 0 Å². The first-order valence-corrected chi connectivity index (χ1v) is 8.62. The Morgan fingerprint density at radius 3 is 2.67 bits per heavy atom. The summed E-state index contributed by atoms with van der Waals surface area (Å²) in [5.41, 5.74) is 2.77. The molecule has 1 N–H and O–H groups in total. The fourth-order valence-corrected chi connectivity index (χ4v) is 3.35. The molecular weight excluding hydrogens is 258 g/mol. The van der Waals surface area contributed by atoms with Crippen LogP contribution in [0.5, 0.6) is 5.75 Å². The second kappa shape index (κ2) is 7.84. The van der Waals surface area contributed by atoms with Gasteiger partial charge in [-0.2, -0.15) is 0 Å². The molecule has 0 aromatic heterocycles. The molecule has 2 unspecified atom stereocenters. The lowest BCUT2D eigenvalue weighted by atomic mass is 9.92. The van der Waals surface area contributed by atoms with Gasteiger partial charge >= 0.3 is 0 Å². The first-order chi connectivity index (χ1) is 10.1. The number of rotatable bonds is 6. The van der Waals surface area contributed by atoms with Crippen LogP contribution >= 0.6 is 0 Å². The Kier molecular flexibility index (Phi) is 6.10. The van der Waals surface area contributed by atoms with E-state index in [1.54, 1.807) is 0 Å². The van der Waals surface area contributed by atoms with Crippen molar-refractivity contribution in [3.8, 4) is 5.75 Å². The number of nitrogens with one attached hydrogen (secondary N) is 1. The maximum absolute atomic E-state index is 6.32. The van der Waals surface area contributed by atoms with E-state index >= 15 is 0 Å². The van der Waals surface area contributed by atoms with E-state index in [9.17, 15) is 0 Å². The molecule has 1 aliphatic rings. The van der Waals surface area contributed by atoms with Gasteiger partial charge in [0, 0.05) is 6.04 Å². The predicted molar refractivity (Wildman–Crippen MR) is 90.2 cm³/mol. The maximum Gasteiger partial charge on any atom is 0.120 e. The molecule has 118 valence electrons. The van der Waals surface area contributed by atoms with Crippen molar-refractivity contribution in [3.05, 3.63) is 29.3 Å². The Morgan fingerprint density at radius 2 is 2.00 bits per heavy atom. The monoisotopic (exact) mass is 289 g/mol. The van der Waals surface area contributed by atoms with Crippen LogP contribution in [0, 0.1) is 6.92 Å². The minimum atomic E-state index is 0.328. The summed E-state index contributed by atoms with van der Waals surface area (Å²) in [7, 11) is 0. The Morgan fingerprint density at radius 1 is 1.24 bits per heavy atom. The van der Waals surface area contributed by atoms with E-state index in [-0.39, 0.29) is 0 Å². The number of hydrogen-bond acceptors (Lipinski definition) is 2. The Hall–Kier alpha value is -1.02. The van der Waals surface area contributed by atoms with Crippen molar-refractivity contribution in [2.75, 3.05) is 6.54 Å².